The van der Waals surface area contributed by atoms with Gasteiger partial charge in [0.05, 0.1) is 11.9 Å². The van der Waals surface area contributed by atoms with Crippen LogP contribution in [0.15, 0.2) is 36.7 Å². The molecular formula is C13H16N2. The maximum absolute atomic E-state index is 4.30. The molecule has 78 valence electrons. The Balaban J connectivity index is 2.41. The van der Waals surface area contributed by atoms with Gasteiger partial charge in [-0.2, -0.15) is 5.10 Å². The molecular weight excluding hydrogens is 184 g/mol. The van der Waals surface area contributed by atoms with E-state index in [9.17, 15) is 0 Å². The van der Waals surface area contributed by atoms with Crippen LogP contribution in [0.2, 0.25) is 0 Å². The second-order valence-corrected chi connectivity index (χ2v) is 4.21. The summed E-state index contributed by atoms with van der Waals surface area (Å²) < 4.78 is 1.92. The number of rotatable bonds is 2. The van der Waals surface area contributed by atoms with Gasteiger partial charge in [0.1, 0.15) is 0 Å². The number of benzene rings is 1. The smallest absolute Gasteiger partial charge is 0.0648 e. The van der Waals surface area contributed by atoms with Crippen molar-refractivity contribution >= 4 is 0 Å². The fourth-order valence-electron chi connectivity index (χ4n) is 1.58. The molecule has 1 aromatic heterocycles. The van der Waals surface area contributed by atoms with E-state index in [-0.39, 0.29) is 0 Å². The lowest BCUT2D eigenvalue weighted by atomic mass is 10.0. The van der Waals surface area contributed by atoms with Crippen LogP contribution in [0.3, 0.4) is 0 Å². The van der Waals surface area contributed by atoms with Crippen molar-refractivity contribution in [1.82, 2.24) is 9.78 Å². The Morgan fingerprint density at radius 2 is 2.07 bits per heavy atom. The van der Waals surface area contributed by atoms with Gasteiger partial charge in [-0.25, -0.2) is 4.68 Å². The highest BCUT2D eigenvalue weighted by Gasteiger charge is 2.02. The van der Waals surface area contributed by atoms with E-state index >= 15 is 0 Å². The maximum Gasteiger partial charge on any atom is 0.0648 e. The number of aromatic nitrogens is 2. The molecule has 2 rings (SSSR count). The monoisotopic (exact) mass is 200 g/mol. The molecule has 0 bridgehead atoms. The summed E-state index contributed by atoms with van der Waals surface area (Å²) in [5, 5.41) is 4.30. The molecule has 0 N–H and O–H groups in total. The zero-order valence-corrected chi connectivity index (χ0v) is 9.44. The molecule has 0 aliphatic rings. The van der Waals surface area contributed by atoms with Gasteiger partial charge in [0, 0.05) is 6.20 Å². The van der Waals surface area contributed by atoms with Crippen molar-refractivity contribution in [1.29, 1.82) is 0 Å². The van der Waals surface area contributed by atoms with Crippen LogP contribution in [0.5, 0.6) is 0 Å². The van der Waals surface area contributed by atoms with Gasteiger partial charge in [-0.3, -0.25) is 0 Å². The summed E-state index contributed by atoms with van der Waals surface area (Å²) in [6, 6.07) is 8.52. The molecule has 1 aromatic carbocycles. The lowest BCUT2D eigenvalue weighted by Gasteiger charge is -2.07. The van der Waals surface area contributed by atoms with Gasteiger partial charge in [-0.1, -0.05) is 26.0 Å². The molecule has 2 nitrogen and oxygen atoms in total. The number of hydrogen-bond donors (Lipinski definition) is 0. The molecule has 0 aliphatic heterocycles. The second-order valence-electron chi connectivity index (χ2n) is 4.21. The lowest BCUT2D eigenvalue weighted by molar-refractivity contribution is 0.844. The average Bonchev–Trinajstić information content (AvgIpc) is 2.65. The predicted octanol–water partition coefficient (Wildman–Crippen LogP) is 3.30. The van der Waals surface area contributed by atoms with E-state index in [0.29, 0.717) is 5.92 Å². The van der Waals surface area contributed by atoms with Gasteiger partial charge in [-0.05, 0) is 36.1 Å². The zero-order valence-electron chi connectivity index (χ0n) is 9.44. The highest BCUT2D eigenvalue weighted by Crippen LogP contribution is 2.17. The summed E-state index contributed by atoms with van der Waals surface area (Å²) >= 11 is 0. The highest BCUT2D eigenvalue weighted by atomic mass is 15.3. The van der Waals surface area contributed by atoms with Crippen molar-refractivity contribution in [3.8, 4) is 5.69 Å². The lowest BCUT2D eigenvalue weighted by Crippen LogP contribution is -1.96. The SMILES string of the molecule is Cc1cnn(-c2cccc(C(C)C)c2)c1. The van der Waals surface area contributed by atoms with E-state index < -0.39 is 0 Å². The first kappa shape index (κ1) is 9.97. The molecule has 2 heteroatoms. The first-order valence-corrected chi connectivity index (χ1v) is 5.28. The molecule has 0 radical (unpaired) electrons. The zero-order chi connectivity index (χ0) is 10.8. The minimum Gasteiger partial charge on any atom is -0.241 e. The van der Waals surface area contributed by atoms with Gasteiger partial charge in [0.15, 0.2) is 0 Å². The fourth-order valence-corrected chi connectivity index (χ4v) is 1.58. The van der Waals surface area contributed by atoms with Crippen LogP contribution in [-0.4, -0.2) is 9.78 Å². The average molecular weight is 200 g/mol. The molecule has 0 aliphatic carbocycles. The third kappa shape index (κ3) is 2.09. The molecule has 0 saturated carbocycles. The van der Waals surface area contributed by atoms with Crippen molar-refractivity contribution in [2.45, 2.75) is 26.7 Å². The van der Waals surface area contributed by atoms with Gasteiger partial charge in [-0.15, -0.1) is 0 Å². The summed E-state index contributed by atoms with van der Waals surface area (Å²) in [5.74, 6) is 0.557. The Kier molecular flexibility index (Phi) is 2.58. The Labute approximate surface area is 90.6 Å². The summed E-state index contributed by atoms with van der Waals surface area (Å²) in [7, 11) is 0. The molecule has 0 unspecified atom stereocenters. The molecule has 0 saturated heterocycles. The van der Waals surface area contributed by atoms with Crippen LogP contribution in [0.25, 0.3) is 5.69 Å². The summed E-state index contributed by atoms with van der Waals surface area (Å²) in [4.78, 5) is 0. The summed E-state index contributed by atoms with van der Waals surface area (Å²) in [6.45, 7) is 6.46. The maximum atomic E-state index is 4.30. The van der Waals surface area contributed by atoms with Gasteiger partial charge < -0.3 is 0 Å². The van der Waals surface area contributed by atoms with Crippen LogP contribution in [0.4, 0.5) is 0 Å². The van der Waals surface area contributed by atoms with E-state index in [1.54, 1.807) is 0 Å². The molecule has 2 aromatic rings. The third-order valence-electron chi connectivity index (χ3n) is 2.51. The van der Waals surface area contributed by atoms with Crippen LogP contribution >= 0.6 is 0 Å². The van der Waals surface area contributed by atoms with Crippen molar-refractivity contribution in [2.24, 2.45) is 0 Å². The quantitative estimate of drug-likeness (QED) is 0.727. The van der Waals surface area contributed by atoms with Crippen LogP contribution < -0.4 is 0 Å². The van der Waals surface area contributed by atoms with Crippen LogP contribution in [0, 0.1) is 6.92 Å². The molecule has 0 fully saturated rings. The van der Waals surface area contributed by atoms with E-state index in [1.807, 2.05) is 17.1 Å². The Bertz CT molecular complexity index is 455. The predicted molar refractivity (Wildman–Crippen MR) is 62.4 cm³/mol. The number of hydrogen-bond acceptors (Lipinski definition) is 1. The van der Waals surface area contributed by atoms with Crippen molar-refractivity contribution in [3.63, 3.8) is 0 Å². The molecule has 0 atom stereocenters. The molecule has 0 spiro atoms. The van der Waals surface area contributed by atoms with E-state index in [0.717, 1.165) is 5.69 Å². The summed E-state index contributed by atoms with van der Waals surface area (Å²) in [6.07, 6.45) is 3.92. The van der Waals surface area contributed by atoms with E-state index in [1.165, 1.54) is 11.1 Å². The highest BCUT2D eigenvalue weighted by molar-refractivity contribution is 5.36. The van der Waals surface area contributed by atoms with Gasteiger partial charge in [0.25, 0.3) is 0 Å². The van der Waals surface area contributed by atoms with Gasteiger partial charge in [0.2, 0.25) is 0 Å². The fraction of sp³-hybridized carbons (Fsp3) is 0.308. The molecule has 15 heavy (non-hydrogen) atoms. The Morgan fingerprint density at radius 3 is 2.67 bits per heavy atom. The van der Waals surface area contributed by atoms with Crippen LogP contribution in [0.1, 0.15) is 30.9 Å². The normalized spacial score (nSPS) is 10.9. The first-order valence-electron chi connectivity index (χ1n) is 5.28. The standard InChI is InChI=1S/C13H16N2/c1-10(2)12-5-4-6-13(7-12)15-9-11(3)8-14-15/h4-10H,1-3H3. The Morgan fingerprint density at radius 1 is 1.27 bits per heavy atom. The minimum atomic E-state index is 0.557. The minimum absolute atomic E-state index is 0.557. The first-order chi connectivity index (χ1) is 7.16. The summed E-state index contributed by atoms with van der Waals surface area (Å²) in [5.41, 5.74) is 3.67. The number of nitrogens with zero attached hydrogens (tertiary/aromatic N) is 2. The van der Waals surface area contributed by atoms with E-state index in [2.05, 4.69) is 50.1 Å². The van der Waals surface area contributed by atoms with Gasteiger partial charge >= 0.3 is 0 Å². The molecule has 1 heterocycles. The van der Waals surface area contributed by atoms with E-state index in [4.69, 9.17) is 0 Å². The largest absolute Gasteiger partial charge is 0.241 e. The van der Waals surface area contributed by atoms with Crippen molar-refractivity contribution in [2.75, 3.05) is 0 Å². The van der Waals surface area contributed by atoms with Crippen molar-refractivity contribution in [3.05, 3.63) is 47.8 Å². The number of aryl methyl sites for hydroxylation is 1. The topological polar surface area (TPSA) is 17.8 Å². The molecule has 0 amide bonds. The second kappa shape index (κ2) is 3.89. The van der Waals surface area contributed by atoms with Crippen molar-refractivity contribution < 1.29 is 0 Å². The van der Waals surface area contributed by atoms with Crippen LogP contribution in [-0.2, 0) is 0 Å². The third-order valence-corrected chi connectivity index (χ3v) is 2.51. The Hall–Kier alpha value is -1.57.